The lowest BCUT2D eigenvalue weighted by Gasteiger charge is -2.19. The number of methoxy groups -OCH3 is 1. The van der Waals surface area contributed by atoms with Crippen LogP contribution in [-0.4, -0.2) is 42.3 Å². The summed E-state index contributed by atoms with van der Waals surface area (Å²) in [5.41, 5.74) is 0.975. The standard InChI is InChI=1S/C16H22N2O3/c1-21-15-5-3-2-4-11(15)8-17-16(20)18-9-12-6-14(19)7-13(12)10-18/h2-5,12-14,19H,6-10H2,1H3,(H,17,20)/t12-,13+,14?. The van der Waals surface area contributed by atoms with Crippen molar-refractivity contribution < 1.29 is 14.6 Å². The third-order valence-electron chi connectivity index (χ3n) is 4.64. The van der Waals surface area contributed by atoms with Gasteiger partial charge in [0, 0.05) is 25.2 Å². The van der Waals surface area contributed by atoms with E-state index in [1.54, 1.807) is 7.11 Å². The number of benzene rings is 1. The van der Waals surface area contributed by atoms with Crippen molar-refractivity contribution in [3.05, 3.63) is 29.8 Å². The Kier molecular flexibility index (Phi) is 4.01. The molecule has 5 nitrogen and oxygen atoms in total. The number of nitrogens with one attached hydrogen (secondary N) is 1. The zero-order chi connectivity index (χ0) is 14.8. The summed E-state index contributed by atoms with van der Waals surface area (Å²) in [5.74, 6) is 1.73. The lowest BCUT2D eigenvalue weighted by atomic mass is 10.0. The van der Waals surface area contributed by atoms with E-state index < -0.39 is 0 Å². The number of amides is 2. The van der Waals surface area contributed by atoms with E-state index in [0.717, 1.165) is 37.2 Å². The van der Waals surface area contributed by atoms with Gasteiger partial charge in [-0.05, 0) is 30.7 Å². The molecular weight excluding hydrogens is 268 g/mol. The van der Waals surface area contributed by atoms with Gasteiger partial charge in [0.15, 0.2) is 0 Å². The molecule has 0 radical (unpaired) electrons. The normalized spacial score (nSPS) is 27.5. The Balaban J connectivity index is 1.53. The lowest BCUT2D eigenvalue weighted by Crippen LogP contribution is -2.39. The SMILES string of the molecule is COc1ccccc1CNC(=O)N1C[C@H]2CC(O)C[C@H]2C1. The number of carbonyl (C=O) groups excluding carboxylic acids is 1. The summed E-state index contributed by atoms with van der Waals surface area (Å²) in [6.07, 6.45) is 1.50. The van der Waals surface area contributed by atoms with Gasteiger partial charge >= 0.3 is 6.03 Å². The predicted octanol–water partition coefficient (Wildman–Crippen LogP) is 1.61. The molecule has 21 heavy (non-hydrogen) atoms. The van der Waals surface area contributed by atoms with Crippen LogP contribution in [0.4, 0.5) is 4.79 Å². The van der Waals surface area contributed by atoms with Crippen molar-refractivity contribution >= 4 is 6.03 Å². The van der Waals surface area contributed by atoms with Gasteiger partial charge in [0.25, 0.3) is 0 Å². The first-order valence-corrected chi connectivity index (χ1v) is 7.50. The number of urea groups is 1. The highest BCUT2D eigenvalue weighted by Crippen LogP contribution is 2.37. The number of hydrogen-bond donors (Lipinski definition) is 2. The molecule has 2 aliphatic rings. The van der Waals surface area contributed by atoms with E-state index in [2.05, 4.69) is 5.32 Å². The smallest absolute Gasteiger partial charge is 0.317 e. The molecule has 1 aromatic rings. The van der Waals surface area contributed by atoms with Crippen molar-refractivity contribution in [1.29, 1.82) is 0 Å². The van der Waals surface area contributed by atoms with Gasteiger partial charge in [-0.15, -0.1) is 0 Å². The van der Waals surface area contributed by atoms with Crippen LogP contribution in [-0.2, 0) is 6.54 Å². The van der Waals surface area contributed by atoms with Crippen LogP contribution in [0.3, 0.4) is 0 Å². The predicted molar refractivity (Wildman–Crippen MR) is 79.0 cm³/mol. The fraction of sp³-hybridized carbons (Fsp3) is 0.562. The Morgan fingerprint density at radius 1 is 1.33 bits per heavy atom. The maximum atomic E-state index is 12.2. The highest BCUT2D eigenvalue weighted by atomic mass is 16.5. The number of ether oxygens (including phenoxy) is 1. The number of aliphatic hydroxyl groups excluding tert-OH is 1. The van der Waals surface area contributed by atoms with Gasteiger partial charge in [-0.2, -0.15) is 0 Å². The number of para-hydroxylation sites is 1. The van der Waals surface area contributed by atoms with Gasteiger partial charge in [0.2, 0.25) is 0 Å². The molecule has 5 heteroatoms. The van der Waals surface area contributed by atoms with Gasteiger partial charge in [-0.3, -0.25) is 0 Å². The Morgan fingerprint density at radius 3 is 2.67 bits per heavy atom. The van der Waals surface area contributed by atoms with E-state index in [4.69, 9.17) is 4.74 Å². The van der Waals surface area contributed by atoms with Crippen LogP contribution in [0.15, 0.2) is 24.3 Å². The summed E-state index contributed by atoms with van der Waals surface area (Å²) in [6.45, 7) is 2.00. The first kappa shape index (κ1) is 14.2. The Hall–Kier alpha value is -1.75. The second kappa shape index (κ2) is 5.93. The number of fused-ring (bicyclic) bond motifs is 1. The molecule has 1 saturated heterocycles. The van der Waals surface area contributed by atoms with Gasteiger partial charge < -0.3 is 20.1 Å². The molecule has 0 aromatic heterocycles. The topological polar surface area (TPSA) is 61.8 Å². The van der Waals surface area contributed by atoms with Crippen molar-refractivity contribution in [3.63, 3.8) is 0 Å². The van der Waals surface area contributed by atoms with Crippen molar-refractivity contribution in [3.8, 4) is 5.75 Å². The molecule has 1 unspecified atom stereocenters. The molecule has 1 heterocycles. The number of carbonyl (C=O) groups is 1. The van der Waals surface area contributed by atoms with Crippen molar-refractivity contribution in [2.45, 2.75) is 25.5 Å². The van der Waals surface area contributed by atoms with Crippen LogP contribution in [0.5, 0.6) is 5.75 Å². The molecule has 3 rings (SSSR count). The molecule has 1 aliphatic carbocycles. The average Bonchev–Trinajstić information content (AvgIpc) is 3.02. The minimum atomic E-state index is -0.168. The van der Waals surface area contributed by atoms with E-state index in [-0.39, 0.29) is 12.1 Å². The average molecular weight is 290 g/mol. The molecular formula is C16H22N2O3. The largest absolute Gasteiger partial charge is 0.496 e. The number of hydrogen-bond acceptors (Lipinski definition) is 3. The summed E-state index contributed by atoms with van der Waals surface area (Å²) in [5, 5.41) is 12.6. The number of nitrogens with zero attached hydrogens (tertiary/aromatic N) is 1. The Labute approximate surface area is 124 Å². The second-order valence-corrected chi connectivity index (χ2v) is 6.02. The summed E-state index contributed by atoms with van der Waals surface area (Å²) in [7, 11) is 1.63. The van der Waals surface area contributed by atoms with E-state index in [1.807, 2.05) is 29.2 Å². The monoisotopic (exact) mass is 290 g/mol. The highest BCUT2D eigenvalue weighted by Gasteiger charge is 2.41. The third-order valence-corrected chi connectivity index (χ3v) is 4.64. The zero-order valence-corrected chi connectivity index (χ0v) is 12.3. The van der Waals surface area contributed by atoms with Crippen LogP contribution >= 0.6 is 0 Å². The summed E-state index contributed by atoms with van der Waals surface area (Å²) in [4.78, 5) is 14.1. The molecule has 1 aliphatic heterocycles. The highest BCUT2D eigenvalue weighted by molar-refractivity contribution is 5.74. The maximum Gasteiger partial charge on any atom is 0.317 e. The van der Waals surface area contributed by atoms with Crippen molar-refractivity contribution in [2.75, 3.05) is 20.2 Å². The van der Waals surface area contributed by atoms with E-state index in [0.29, 0.717) is 18.4 Å². The fourth-order valence-corrected chi connectivity index (χ4v) is 3.57. The molecule has 2 fully saturated rings. The fourth-order valence-electron chi connectivity index (χ4n) is 3.57. The zero-order valence-electron chi connectivity index (χ0n) is 12.3. The molecule has 1 saturated carbocycles. The Bertz CT molecular complexity index is 506. The number of likely N-dealkylation sites (tertiary alicyclic amines) is 1. The molecule has 3 atom stereocenters. The van der Waals surface area contributed by atoms with Crippen LogP contribution in [0, 0.1) is 11.8 Å². The second-order valence-electron chi connectivity index (χ2n) is 6.02. The summed E-state index contributed by atoms with van der Waals surface area (Å²) >= 11 is 0. The first-order valence-electron chi connectivity index (χ1n) is 7.50. The van der Waals surface area contributed by atoms with Gasteiger partial charge in [0.05, 0.1) is 13.2 Å². The molecule has 0 bridgehead atoms. The van der Waals surface area contributed by atoms with E-state index in [1.165, 1.54) is 0 Å². The molecule has 114 valence electrons. The van der Waals surface area contributed by atoms with Gasteiger partial charge in [-0.1, -0.05) is 18.2 Å². The number of aliphatic hydroxyl groups is 1. The molecule has 2 amide bonds. The molecule has 0 spiro atoms. The van der Waals surface area contributed by atoms with Gasteiger partial charge in [0.1, 0.15) is 5.75 Å². The molecule has 2 N–H and O–H groups in total. The maximum absolute atomic E-state index is 12.2. The van der Waals surface area contributed by atoms with Gasteiger partial charge in [-0.25, -0.2) is 4.79 Å². The van der Waals surface area contributed by atoms with E-state index in [9.17, 15) is 9.90 Å². The minimum absolute atomic E-state index is 0.0233. The third kappa shape index (κ3) is 2.97. The number of rotatable bonds is 3. The summed E-state index contributed by atoms with van der Waals surface area (Å²) < 4.78 is 5.28. The minimum Gasteiger partial charge on any atom is -0.496 e. The quantitative estimate of drug-likeness (QED) is 0.889. The van der Waals surface area contributed by atoms with Crippen molar-refractivity contribution in [1.82, 2.24) is 10.2 Å². The van der Waals surface area contributed by atoms with Crippen LogP contribution in [0.25, 0.3) is 0 Å². The first-order chi connectivity index (χ1) is 10.2. The van der Waals surface area contributed by atoms with Crippen molar-refractivity contribution in [2.24, 2.45) is 11.8 Å². The molecule has 1 aromatic carbocycles. The van der Waals surface area contributed by atoms with Crippen LogP contribution in [0.2, 0.25) is 0 Å². The Morgan fingerprint density at radius 2 is 2.00 bits per heavy atom. The lowest BCUT2D eigenvalue weighted by molar-refractivity contribution is 0.161. The summed E-state index contributed by atoms with van der Waals surface area (Å²) in [6, 6.07) is 7.67. The van der Waals surface area contributed by atoms with Crippen LogP contribution < -0.4 is 10.1 Å². The van der Waals surface area contributed by atoms with E-state index >= 15 is 0 Å². The van der Waals surface area contributed by atoms with Crippen LogP contribution in [0.1, 0.15) is 18.4 Å².